The van der Waals surface area contributed by atoms with Crippen LogP contribution in [0.5, 0.6) is 0 Å². The molecule has 0 aliphatic rings. The highest BCUT2D eigenvalue weighted by molar-refractivity contribution is 9.10. The van der Waals surface area contributed by atoms with E-state index >= 15 is 0 Å². The van der Waals surface area contributed by atoms with Crippen molar-refractivity contribution in [2.45, 2.75) is 24.3 Å². The Morgan fingerprint density at radius 3 is 2.53 bits per heavy atom. The highest BCUT2D eigenvalue weighted by Crippen LogP contribution is 2.25. The SMILES string of the molecule is CC(C)(N)CNS(=O)(=O)c1ccc(Cl)cc1Br. The van der Waals surface area contributed by atoms with Crippen molar-refractivity contribution in [3.63, 3.8) is 0 Å². The molecule has 0 radical (unpaired) electrons. The lowest BCUT2D eigenvalue weighted by Crippen LogP contribution is -2.45. The van der Waals surface area contributed by atoms with Gasteiger partial charge in [-0.15, -0.1) is 0 Å². The molecule has 0 aliphatic carbocycles. The summed E-state index contributed by atoms with van der Waals surface area (Å²) < 4.78 is 26.8. The zero-order chi connectivity index (χ0) is 13.3. The molecule has 0 fully saturated rings. The van der Waals surface area contributed by atoms with E-state index in [1.165, 1.54) is 18.2 Å². The van der Waals surface area contributed by atoms with Gasteiger partial charge in [0.25, 0.3) is 0 Å². The van der Waals surface area contributed by atoms with Crippen molar-refractivity contribution in [1.82, 2.24) is 4.72 Å². The summed E-state index contributed by atoms with van der Waals surface area (Å²) in [5.41, 5.74) is 5.12. The van der Waals surface area contributed by atoms with Gasteiger partial charge in [-0.3, -0.25) is 0 Å². The van der Waals surface area contributed by atoms with Gasteiger partial charge in [-0.05, 0) is 48.0 Å². The number of rotatable bonds is 4. The highest BCUT2D eigenvalue weighted by atomic mass is 79.9. The van der Waals surface area contributed by atoms with Crippen LogP contribution in [0, 0.1) is 0 Å². The average molecular weight is 342 g/mol. The molecule has 0 spiro atoms. The van der Waals surface area contributed by atoms with Gasteiger partial charge >= 0.3 is 0 Å². The van der Waals surface area contributed by atoms with E-state index in [2.05, 4.69) is 20.7 Å². The molecule has 4 nitrogen and oxygen atoms in total. The number of nitrogens with one attached hydrogen (secondary N) is 1. The highest BCUT2D eigenvalue weighted by Gasteiger charge is 2.20. The minimum absolute atomic E-state index is 0.145. The fraction of sp³-hybridized carbons (Fsp3) is 0.400. The van der Waals surface area contributed by atoms with E-state index in [-0.39, 0.29) is 11.4 Å². The summed E-state index contributed by atoms with van der Waals surface area (Å²) in [5, 5.41) is 0.468. The molecule has 1 aromatic rings. The number of halogens is 2. The Morgan fingerprint density at radius 2 is 2.06 bits per heavy atom. The van der Waals surface area contributed by atoms with E-state index < -0.39 is 15.6 Å². The Hall–Kier alpha value is -0.140. The Kier molecular flexibility index (Phi) is 4.60. The van der Waals surface area contributed by atoms with Crippen molar-refractivity contribution in [2.24, 2.45) is 5.73 Å². The molecular formula is C10H14BrClN2O2S. The number of hydrogen-bond acceptors (Lipinski definition) is 3. The molecular weight excluding hydrogens is 328 g/mol. The first-order valence-electron chi connectivity index (χ1n) is 4.85. The quantitative estimate of drug-likeness (QED) is 0.881. The van der Waals surface area contributed by atoms with E-state index in [1.54, 1.807) is 13.8 Å². The summed E-state index contributed by atoms with van der Waals surface area (Å²) in [6.45, 7) is 3.64. The minimum atomic E-state index is -3.58. The van der Waals surface area contributed by atoms with Crippen LogP contribution in [-0.2, 0) is 10.0 Å². The Balaban J connectivity index is 2.98. The number of hydrogen-bond donors (Lipinski definition) is 2. The smallest absolute Gasteiger partial charge is 0.241 e. The van der Waals surface area contributed by atoms with Gasteiger partial charge in [-0.25, -0.2) is 13.1 Å². The third kappa shape index (κ3) is 4.56. The van der Waals surface area contributed by atoms with Crippen LogP contribution in [0.15, 0.2) is 27.6 Å². The predicted molar refractivity (Wildman–Crippen MR) is 72.6 cm³/mol. The van der Waals surface area contributed by atoms with E-state index in [4.69, 9.17) is 17.3 Å². The van der Waals surface area contributed by atoms with Gasteiger partial charge in [0.15, 0.2) is 0 Å². The second-order valence-corrected chi connectivity index (χ2v) is 7.41. The molecule has 0 unspecified atom stereocenters. The lowest BCUT2D eigenvalue weighted by molar-refractivity contribution is 0.498. The van der Waals surface area contributed by atoms with Gasteiger partial charge < -0.3 is 5.73 Å². The Morgan fingerprint density at radius 1 is 1.47 bits per heavy atom. The summed E-state index contributed by atoms with van der Waals surface area (Å²) in [5.74, 6) is 0. The molecule has 96 valence electrons. The van der Waals surface area contributed by atoms with Gasteiger partial charge in [-0.2, -0.15) is 0 Å². The first-order chi connectivity index (χ1) is 7.62. The summed E-state index contributed by atoms with van der Waals surface area (Å²) in [4.78, 5) is 0.145. The van der Waals surface area contributed by atoms with Crippen molar-refractivity contribution in [3.8, 4) is 0 Å². The van der Waals surface area contributed by atoms with E-state index in [0.717, 1.165) is 0 Å². The third-order valence-corrected chi connectivity index (χ3v) is 4.51. The molecule has 17 heavy (non-hydrogen) atoms. The molecule has 0 bridgehead atoms. The maximum Gasteiger partial charge on any atom is 0.241 e. The van der Waals surface area contributed by atoms with Crippen LogP contribution in [0.25, 0.3) is 0 Å². The zero-order valence-electron chi connectivity index (χ0n) is 9.50. The lowest BCUT2D eigenvalue weighted by atomic mass is 10.1. The van der Waals surface area contributed by atoms with Crippen LogP contribution in [0.2, 0.25) is 5.02 Å². The van der Waals surface area contributed by atoms with Gasteiger partial charge in [0, 0.05) is 21.6 Å². The standard InChI is InChI=1S/C10H14BrClN2O2S/c1-10(2,13)6-14-17(15,16)9-4-3-7(12)5-8(9)11/h3-5,14H,6,13H2,1-2H3. The summed E-state index contributed by atoms with van der Waals surface area (Å²) >= 11 is 8.92. The predicted octanol–water partition coefficient (Wildman–Crippen LogP) is 2.12. The first kappa shape index (κ1) is 14.9. The van der Waals surface area contributed by atoms with Crippen LogP contribution in [-0.4, -0.2) is 20.5 Å². The van der Waals surface area contributed by atoms with E-state index in [1.807, 2.05) is 0 Å². The lowest BCUT2D eigenvalue weighted by Gasteiger charge is -2.19. The van der Waals surface area contributed by atoms with Crippen molar-refractivity contribution < 1.29 is 8.42 Å². The summed E-state index contributed by atoms with van der Waals surface area (Å²) in [6, 6.07) is 4.50. The van der Waals surface area contributed by atoms with E-state index in [9.17, 15) is 8.42 Å². The third-order valence-electron chi connectivity index (χ3n) is 1.90. The molecule has 3 N–H and O–H groups in total. The fourth-order valence-corrected chi connectivity index (χ4v) is 3.65. The molecule has 0 heterocycles. The molecule has 0 atom stereocenters. The average Bonchev–Trinajstić information content (AvgIpc) is 2.13. The second-order valence-electron chi connectivity index (χ2n) is 4.39. The molecule has 0 amide bonds. The summed E-state index contributed by atoms with van der Waals surface area (Å²) in [7, 11) is -3.58. The van der Waals surface area contributed by atoms with Crippen LogP contribution in [0.1, 0.15) is 13.8 Å². The van der Waals surface area contributed by atoms with Crippen LogP contribution in [0.4, 0.5) is 0 Å². The van der Waals surface area contributed by atoms with Crippen molar-refractivity contribution in [1.29, 1.82) is 0 Å². The van der Waals surface area contributed by atoms with Gasteiger partial charge in [0.1, 0.15) is 0 Å². The monoisotopic (exact) mass is 340 g/mol. The molecule has 0 aliphatic heterocycles. The number of benzene rings is 1. The molecule has 1 rings (SSSR count). The molecule has 1 aromatic carbocycles. The second kappa shape index (κ2) is 5.24. The van der Waals surface area contributed by atoms with Crippen molar-refractivity contribution in [3.05, 3.63) is 27.7 Å². The zero-order valence-corrected chi connectivity index (χ0v) is 12.7. The Bertz CT molecular complexity index is 512. The normalized spacial score (nSPS) is 12.8. The fourth-order valence-electron chi connectivity index (χ4n) is 1.05. The molecule has 0 saturated carbocycles. The van der Waals surface area contributed by atoms with Crippen molar-refractivity contribution >= 4 is 37.6 Å². The Labute approximate surface area is 115 Å². The van der Waals surface area contributed by atoms with Gasteiger partial charge in [-0.1, -0.05) is 11.6 Å². The molecule has 0 aromatic heterocycles. The van der Waals surface area contributed by atoms with Gasteiger partial charge in [0.2, 0.25) is 10.0 Å². The topological polar surface area (TPSA) is 72.2 Å². The number of nitrogens with two attached hydrogens (primary N) is 1. The van der Waals surface area contributed by atoms with Crippen LogP contribution >= 0.6 is 27.5 Å². The molecule has 0 saturated heterocycles. The number of sulfonamides is 1. The van der Waals surface area contributed by atoms with Gasteiger partial charge in [0.05, 0.1) is 4.90 Å². The maximum absolute atomic E-state index is 12.0. The van der Waals surface area contributed by atoms with Crippen molar-refractivity contribution in [2.75, 3.05) is 6.54 Å². The minimum Gasteiger partial charge on any atom is -0.324 e. The van der Waals surface area contributed by atoms with Crippen LogP contribution in [0.3, 0.4) is 0 Å². The molecule has 7 heteroatoms. The first-order valence-corrected chi connectivity index (χ1v) is 7.51. The largest absolute Gasteiger partial charge is 0.324 e. The van der Waals surface area contributed by atoms with Crippen LogP contribution < -0.4 is 10.5 Å². The summed E-state index contributed by atoms with van der Waals surface area (Å²) in [6.07, 6.45) is 0. The maximum atomic E-state index is 12.0. The van der Waals surface area contributed by atoms with E-state index in [0.29, 0.717) is 9.50 Å².